The molecule has 5 aromatic rings. The van der Waals surface area contributed by atoms with Crippen LogP contribution in [0.4, 0.5) is 11.4 Å². The minimum absolute atomic E-state index is 0.0729. The molecule has 7 heteroatoms. The second-order valence-electron chi connectivity index (χ2n) is 9.77. The zero-order valence-electron chi connectivity index (χ0n) is 20.1. The molecule has 1 saturated heterocycles. The number of nitrogens with zero attached hydrogens (tertiary/aromatic N) is 3. The number of amides is 1. The van der Waals surface area contributed by atoms with E-state index in [1.54, 1.807) is 11.3 Å². The van der Waals surface area contributed by atoms with Gasteiger partial charge in [-0.25, -0.2) is 4.98 Å². The van der Waals surface area contributed by atoms with Crippen molar-refractivity contribution in [2.24, 2.45) is 5.73 Å². The van der Waals surface area contributed by atoms with E-state index < -0.39 is 0 Å². The number of hydrogen-bond donors (Lipinski definition) is 2. The Balaban J connectivity index is 1.22. The molecule has 0 radical (unpaired) electrons. The van der Waals surface area contributed by atoms with Gasteiger partial charge in [-0.1, -0.05) is 24.3 Å². The molecule has 6 nitrogen and oxygen atoms in total. The third kappa shape index (κ3) is 4.43. The summed E-state index contributed by atoms with van der Waals surface area (Å²) in [6.45, 7) is 3.47. The SMILES string of the molecule is CC1(N)CCN(C(=O)c2ccc(-c3ccc4c(Nc5ccc6scnc6c5)ccnc4c3)cc2)CC1. The highest BCUT2D eigenvalue weighted by molar-refractivity contribution is 7.16. The Labute approximate surface area is 213 Å². The highest BCUT2D eigenvalue weighted by Gasteiger charge is 2.28. The lowest BCUT2D eigenvalue weighted by Gasteiger charge is -2.36. The lowest BCUT2D eigenvalue weighted by molar-refractivity contribution is 0.0681. The van der Waals surface area contributed by atoms with Gasteiger partial charge in [-0.2, -0.15) is 0 Å². The summed E-state index contributed by atoms with van der Waals surface area (Å²) in [7, 11) is 0. The largest absolute Gasteiger partial charge is 0.355 e. The average molecular weight is 494 g/mol. The maximum atomic E-state index is 12.9. The number of carbonyl (C=O) groups is 1. The van der Waals surface area contributed by atoms with Crippen molar-refractivity contribution in [1.82, 2.24) is 14.9 Å². The van der Waals surface area contributed by atoms with E-state index >= 15 is 0 Å². The number of piperidine rings is 1. The molecule has 3 N–H and O–H groups in total. The number of nitrogens with one attached hydrogen (secondary N) is 1. The van der Waals surface area contributed by atoms with E-state index in [4.69, 9.17) is 5.73 Å². The zero-order valence-corrected chi connectivity index (χ0v) is 20.9. The maximum absolute atomic E-state index is 12.9. The molecule has 3 aromatic carbocycles. The first-order chi connectivity index (χ1) is 17.4. The van der Waals surface area contributed by atoms with Crippen LogP contribution < -0.4 is 11.1 Å². The molecule has 1 amide bonds. The van der Waals surface area contributed by atoms with E-state index in [2.05, 4.69) is 58.6 Å². The first kappa shape index (κ1) is 22.6. The minimum Gasteiger partial charge on any atom is -0.355 e. The lowest BCUT2D eigenvalue weighted by atomic mass is 9.90. The van der Waals surface area contributed by atoms with Crippen LogP contribution in [0.5, 0.6) is 0 Å². The fraction of sp³-hybridized carbons (Fsp3) is 0.207. The van der Waals surface area contributed by atoms with Gasteiger partial charge in [0.1, 0.15) is 0 Å². The summed E-state index contributed by atoms with van der Waals surface area (Å²) >= 11 is 1.64. The molecule has 1 aliphatic rings. The Kier molecular flexibility index (Phi) is 5.66. The Morgan fingerprint density at radius 1 is 0.944 bits per heavy atom. The topological polar surface area (TPSA) is 84.1 Å². The molecule has 0 unspecified atom stereocenters. The van der Waals surface area contributed by atoms with Crippen LogP contribution >= 0.6 is 11.3 Å². The van der Waals surface area contributed by atoms with Gasteiger partial charge in [0.2, 0.25) is 0 Å². The number of thiazole rings is 1. The number of rotatable bonds is 4. The molecule has 0 spiro atoms. The third-order valence-corrected chi connectivity index (χ3v) is 7.82. The molecule has 0 saturated carbocycles. The van der Waals surface area contributed by atoms with Crippen molar-refractivity contribution in [3.8, 4) is 11.1 Å². The van der Waals surface area contributed by atoms with Gasteiger partial charge in [-0.15, -0.1) is 11.3 Å². The van der Waals surface area contributed by atoms with Crippen molar-refractivity contribution < 1.29 is 4.79 Å². The van der Waals surface area contributed by atoms with Gasteiger partial charge < -0.3 is 16.0 Å². The van der Waals surface area contributed by atoms with Crippen molar-refractivity contribution in [2.45, 2.75) is 25.3 Å². The second-order valence-corrected chi connectivity index (χ2v) is 10.7. The first-order valence-electron chi connectivity index (χ1n) is 12.1. The molecule has 0 atom stereocenters. The van der Waals surface area contributed by atoms with E-state index in [-0.39, 0.29) is 11.4 Å². The van der Waals surface area contributed by atoms with E-state index in [0.717, 1.165) is 51.8 Å². The fourth-order valence-corrected chi connectivity index (χ4v) is 5.40. The molecule has 180 valence electrons. The molecule has 0 bridgehead atoms. The Morgan fingerprint density at radius 2 is 1.72 bits per heavy atom. The number of benzene rings is 3. The van der Waals surface area contributed by atoms with Crippen LogP contribution in [0.2, 0.25) is 0 Å². The number of likely N-dealkylation sites (tertiary alicyclic amines) is 1. The van der Waals surface area contributed by atoms with Crippen LogP contribution in [-0.2, 0) is 0 Å². The normalized spacial score (nSPS) is 15.3. The third-order valence-electron chi connectivity index (χ3n) is 7.01. The van der Waals surface area contributed by atoms with Crippen LogP contribution in [0, 0.1) is 0 Å². The second kappa shape index (κ2) is 9.00. The summed E-state index contributed by atoms with van der Waals surface area (Å²) < 4.78 is 1.17. The highest BCUT2D eigenvalue weighted by Crippen LogP contribution is 2.31. The number of hydrogen-bond acceptors (Lipinski definition) is 6. The molecular weight excluding hydrogens is 466 g/mol. The fourth-order valence-electron chi connectivity index (χ4n) is 4.74. The van der Waals surface area contributed by atoms with Crippen LogP contribution in [0.1, 0.15) is 30.1 Å². The van der Waals surface area contributed by atoms with Crippen molar-refractivity contribution in [3.63, 3.8) is 0 Å². The summed E-state index contributed by atoms with van der Waals surface area (Å²) in [6, 6.07) is 22.3. The summed E-state index contributed by atoms with van der Waals surface area (Å²) in [5.41, 5.74) is 14.6. The van der Waals surface area contributed by atoms with Gasteiger partial charge >= 0.3 is 0 Å². The summed E-state index contributed by atoms with van der Waals surface area (Å²) in [6.07, 6.45) is 3.48. The number of pyridine rings is 1. The predicted molar refractivity (Wildman–Crippen MR) is 148 cm³/mol. The Hall–Kier alpha value is -3.81. The Morgan fingerprint density at radius 3 is 2.53 bits per heavy atom. The molecule has 1 aliphatic heterocycles. The number of aromatic nitrogens is 2. The van der Waals surface area contributed by atoms with Crippen LogP contribution in [0.3, 0.4) is 0 Å². The van der Waals surface area contributed by atoms with E-state index in [1.807, 2.05) is 46.9 Å². The molecule has 0 aliphatic carbocycles. The molecule has 36 heavy (non-hydrogen) atoms. The number of fused-ring (bicyclic) bond motifs is 2. The van der Waals surface area contributed by atoms with Crippen molar-refractivity contribution in [3.05, 3.63) is 84.0 Å². The van der Waals surface area contributed by atoms with Crippen LogP contribution in [-0.4, -0.2) is 39.4 Å². The van der Waals surface area contributed by atoms with Crippen molar-refractivity contribution >= 4 is 49.7 Å². The van der Waals surface area contributed by atoms with Crippen molar-refractivity contribution in [2.75, 3.05) is 18.4 Å². The first-order valence-corrected chi connectivity index (χ1v) is 13.0. The van der Waals surface area contributed by atoms with E-state index in [0.29, 0.717) is 18.7 Å². The van der Waals surface area contributed by atoms with E-state index in [1.165, 1.54) is 4.70 Å². The van der Waals surface area contributed by atoms with Gasteiger partial charge in [0.05, 0.1) is 21.2 Å². The van der Waals surface area contributed by atoms with Crippen LogP contribution in [0.25, 0.3) is 32.2 Å². The maximum Gasteiger partial charge on any atom is 0.253 e. The quantitative estimate of drug-likeness (QED) is 0.311. The smallest absolute Gasteiger partial charge is 0.253 e. The molecule has 6 rings (SSSR count). The predicted octanol–water partition coefficient (Wildman–Crippen LogP) is 6.21. The number of anilines is 2. The lowest BCUT2D eigenvalue weighted by Crippen LogP contribution is -2.49. The molecular formula is C29H27N5OS. The molecule has 1 fully saturated rings. The summed E-state index contributed by atoms with van der Waals surface area (Å²) in [5, 5.41) is 4.56. The highest BCUT2D eigenvalue weighted by atomic mass is 32.1. The van der Waals surface area contributed by atoms with Crippen LogP contribution in [0.15, 0.2) is 78.4 Å². The molecule has 3 heterocycles. The van der Waals surface area contributed by atoms with Gasteiger partial charge in [-0.05, 0) is 73.4 Å². The van der Waals surface area contributed by atoms with Gasteiger partial charge in [-0.3, -0.25) is 9.78 Å². The minimum atomic E-state index is -0.172. The summed E-state index contributed by atoms with van der Waals surface area (Å²) in [5.74, 6) is 0.0729. The van der Waals surface area contributed by atoms with Crippen molar-refractivity contribution in [1.29, 1.82) is 0 Å². The zero-order chi connectivity index (χ0) is 24.7. The standard InChI is InChI=1S/C29H27N5OS/c1-29(30)11-14-34(15-12-29)28(35)20-4-2-19(3-5-20)21-6-8-23-24(10-13-31-25(23)16-21)33-22-7-9-27-26(17-22)32-18-36-27/h2-10,13,16-18H,11-12,14-15,30H2,1H3,(H,31,33). The molecule has 2 aromatic heterocycles. The monoisotopic (exact) mass is 493 g/mol. The number of nitrogens with two attached hydrogens (primary N) is 1. The van der Waals surface area contributed by atoms with Gasteiger partial charge in [0, 0.05) is 47.1 Å². The van der Waals surface area contributed by atoms with Gasteiger partial charge in [0.15, 0.2) is 0 Å². The Bertz CT molecular complexity index is 1560. The summed E-state index contributed by atoms with van der Waals surface area (Å²) in [4.78, 5) is 23.9. The number of carbonyl (C=O) groups excluding carboxylic acids is 1. The van der Waals surface area contributed by atoms with Gasteiger partial charge in [0.25, 0.3) is 5.91 Å². The van der Waals surface area contributed by atoms with E-state index in [9.17, 15) is 4.79 Å². The average Bonchev–Trinajstić information content (AvgIpc) is 3.36.